The fraction of sp³-hybridized carbons (Fsp3) is 0.636. The van der Waals surface area contributed by atoms with Crippen LogP contribution in [0, 0.1) is 5.92 Å². The molecule has 16 heavy (non-hydrogen) atoms. The van der Waals surface area contributed by atoms with Gasteiger partial charge in [0.25, 0.3) is 5.56 Å². The minimum Gasteiger partial charge on any atom is -0.494 e. The molecule has 0 atom stereocenters. The Morgan fingerprint density at radius 1 is 1.44 bits per heavy atom. The Morgan fingerprint density at radius 2 is 2.12 bits per heavy atom. The molecule has 0 saturated heterocycles. The molecule has 1 heterocycles. The lowest BCUT2D eigenvalue weighted by molar-refractivity contribution is 0.386. The molecule has 0 radical (unpaired) electrons. The van der Waals surface area contributed by atoms with Crippen LogP contribution in [-0.4, -0.2) is 14.7 Å². The van der Waals surface area contributed by atoms with Crippen LogP contribution in [0.15, 0.2) is 9.59 Å². The highest BCUT2D eigenvalue weighted by molar-refractivity contribution is 5.22. The standard InChI is InChI=1S/C11H16N2O3/c1-2-8-9(14)12-11(16)13(10(8)15)6-5-7-3-4-7/h7,15H,2-6H2,1H3,(H,12,14,16). The number of aromatic nitrogens is 2. The smallest absolute Gasteiger partial charge is 0.331 e. The average molecular weight is 224 g/mol. The third kappa shape index (κ3) is 2.03. The van der Waals surface area contributed by atoms with Crippen LogP contribution in [0.4, 0.5) is 0 Å². The highest BCUT2D eigenvalue weighted by Gasteiger charge is 2.22. The summed E-state index contributed by atoms with van der Waals surface area (Å²) in [7, 11) is 0. The van der Waals surface area contributed by atoms with E-state index in [1.165, 1.54) is 17.4 Å². The van der Waals surface area contributed by atoms with E-state index in [0.717, 1.165) is 6.42 Å². The SMILES string of the molecule is CCc1c(O)n(CCC2CC2)c(=O)[nH]c1=O. The van der Waals surface area contributed by atoms with Crippen LogP contribution in [0.2, 0.25) is 0 Å². The second-order valence-electron chi connectivity index (χ2n) is 4.30. The molecule has 1 fully saturated rings. The number of nitrogens with one attached hydrogen (secondary N) is 1. The predicted molar refractivity (Wildman–Crippen MR) is 59.7 cm³/mol. The van der Waals surface area contributed by atoms with E-state index in [0.29, 0.717) is 18.9 Å². The van der Waals surface area contributed by atoms with Gasteiger partial charge in [-0.15, -0.1) is 0 Å². The number of hydrogen-bond acceptors (Lipinski definition) is 3. The third-order valence-corrected chi connectivity index (χ3v) is 3.08. The van der Waals surface area contributed by atoms with Crippen molar-refractivity contribution >= 4 is 0 Å². The van der Waals surface area contributed by atoms with Gasteiger partial charge in [-0.2, -0.15) is 0 Å². The van der Waals surface area contributed by atoms with Gasteiger partial charge in [-0.05, 0) is 18.8 Å². The molecule has 0 unspecified atom stereocenters. The molecule has 88 valence electrons. The highest BCUT2D eigenvalue weighted by Crippen LogP contribution is 2.32. The molecule has 2 N–H and O–H groups in total. The van der Waals surface area contributed by atoms with Gasteiger partial charge in [0, 0.05) is 6.54 Å². The van der Waals surface area contributed by atoms with Crippen molar-refractivity contribution in [3.63, 3.8) is 0 Å². The van der Waals surface area contributed by atoms with E-state index in [2.05, 4.69) is 4.98 Å². The topological polar surface area (TPSA) is 75.1 Å². The molecular formula is C11H16N2O3. The second kappa shape index (κ2) is 4.15. The molecule has 1 aromatic heterocycles. The van der Waals surface area contributed by atoms with Crippen LogP contribution in [0.25, 0.3) is 0 Å². The molecule has 0 aliphatic heterocycles. The molecule has 0 aromatic carbocycles. The van der Waals surface area contributed by atoms with Crippen molar-refractivity contribution in [2.24, 2.45) is 5.92 Å². The second-order valence-corrected chi connectivity index (χ2v) is 4.30. The lowest BCUT2D eigenvalue weighted by Gasteiger charge is -2.09. The molecule has 5 nitrogen and oxygen atoms in total. The van der Waals surface area contributed by atoms with Gasteiger partial charge in [-0.25, -0.2) is 4.79 Å². The first-order valence-corrected chi connectivity index (χ1v) is 5.68. The molecule has 1 aliphatic carbocycles. The zero-order chi connectivity index (χ0) is 11.7. The van der Waals surface area contributed by atoms with Gasteiger partial charge in [0.15, 0.2) is 0 Å². The van der Waals surface area contributed by atoms with Crippen LogP contribution in [0.1, 0.15) is 31.7 Å². The van der Waals surface area contributed by atoms with Crippen molar-refractivity contribution in [1.82, 2.24) is 9.55 Å². The Balaban J connectivity index is 2.34. The van der Waals surface area contributed by atoms with Crippen molar-refractivity contribution in [1.29, 1.82) is 0 Å². The van der Waals surface area contributed by atoms with E-state index in [-0.39, 0.29) is 11.4 Å². The fourth-order valence-corrected chi connectivity index (χ4v) is 1.85. The van der Waals surface area contributed by atoms with Gasteiger partial charge >= 0.3 is 5.69 Å². The van der Waals surface area contributed by atoms with Gasteiger partial charge in [-0.1, -0.05) is 19.8 Å². The first-order valence-electron chi connectivity index (χ1n) is 5.68. The van der Waals surface area contributed by atoms with Crippen LogP contribution in [-0.2, 0) is 13.0 Å². The quantitative estimate of drug-likeness (QED) is 0.786. The van der Waals surface area contributed by atoms with Gasteiger partial charge in [0.2, 0.25) is 5.88 Å². The molecule has 0 amide bonds. The van der Waals surface area contributed by atoms with Crippen molar-refractivity contribution in [2.75, 3.05) is 0 Å². The summed E-state index contributed by atoms with van der Waals surface area (Å²) in [4.78, 5) is 25.1. The van der Waals surface area contributed by atoms with E-state index in [4.69, 9.17) is 0 Å². The third-order valence-electron chi connectivity index (χ3n) is 3.08. The average Bonchev–Trinajstić information content (AvgIpc) is 3.01. The van der Waals surface area contributed by atoms with Crippen LogP contribution in [0.5, 0.6) is 5.88 Å². The van der Waals surface area contributed by atoms with Gasteiger partial charge in [0.05, 0.1) is 5.56 Å². The molecular weight excluding hydrogens is 208 g/mol. The minimum absolute atomic E-state index is 0.170. The number of nitrogens with zero attached hydrogens (tertiary/aromatic N) is 1. The molecule has 2 rings (SSSR count). The predicted octanol–water partition coefficient (Wildman–Crippen LogP) is 0.605. The largest absolute Gasteiger partial charge is 0.494 e. The molecule has 1 saturated carbocycles. The summed E-state index contributed by atoms with van der Waals surface area (Å²) in [6, 6.07) is 0. The van der Waals surface area contributed by atoms with E-state index >= 15 is 0 Å². The van der Waals surface area contributed by atoms with E-state index in [1.54, 1.807) is 6.92 Å². The first kappa shape index (κ1) is 11.0. The highest BCUT2D eigenvalue weighted by atomic mass is 16.3. The molecule has 1 aliphatic rings. The van der Waals surface area contributed by atoms with Crippen molar-refractivity contribution in [3.8, 4) is 5.88 Å². The van der Waals surface area contributed by atoms with Crippen molar-refractivity contribution in [2.45, 2.75) is 39.2 Å². The Labute approximate surface area is 92.7 Å². The summed E-state index contributed by atoms with van der Waals surface area (Å²) < 4.78 is 1.26. The maximum atomic E-state index is 11.5. The van der Waals surface area contributed by atoms with Crippen LogP contribution >= 0.6 is 0 Å². The zero-order valence-corrected chi connectivity index (χ0v) is 9.32. The summed E-state index contributed by atoms with van der Waals surface area (Å²) in [5, 5.41) is 9.83. The molecule has 0 spiro atoms. The molecule has 0 bridgehead atoms. The summed E-state index contributed by atoms with van der Waals surface area (Å²) in [6.07, 6.45) is 3.73. The molecule has 5 heteroatoms. The number of rotatable bonds is 4. The van der Waals surface area contributed by atoms with E-state index < -0.39 is 11.2 Å². The Hall–Kier alpha value is -1.52. The number of hydrogen-bond donors (Lipinski definition) is 2. The fourth-order valence-electron chi connectivity index (χ4n) is 1.85. The maximum absolute atomic E-state index is 11.5. The van der Waals surface area contributed by atoms with Gasteiger partial charge in [0.1, 0.15) is 0 Å². The monoisotopic (exact) mass is 224 g/mol. The van der Waals surface area contributed by atoms with Gasteiger partial charge < -0.3 is 5.11 Å². The minimum atomic E-state index is -0.514. The summed E-state index contributed by atoms with van der Waals surface area (Å²) in [5.74, 6) is 0.514. The number of aromatic hydroxyl groups is 1. The first-order chi connectivity index (χ1) is 7.63. The van der Waals surface area contributed by atoms with E-state index in [9.17, 15) is 14.7 Å². The maximum Gasteiger partial charge on any atom is 0.331 e. The van der Waals surface area contributed by atoms with E-state index in [1.807, 2.05) is 0 Å². The summed E-state index contributed by atoms with van der Waals surface area (Å²) in [5.41, 5.74) is -0.705. The Morgan fingerprint density at radius 3 is 2.69 bits per heavy atom. The Bertz CT molecular complexity index is 497. The zero-order valence-electron chi connectivity index (χ0n) is 9.32. The van der Waals surface area contributed by atoms with Crippen LogP contribution in [0.3, 0.4) is 0 Å². The normalized spacial score (nSPS) is 15.3. The summed E-state index contributed by atoms with van der Waals surface area (Å²) in [6.45, 7) is 2.26. The van der Waals surface area contributed by atoms with Crippen LogP contribution < -0.4 is 11.2 Å². The number of H-pyrrole nitrogens is 1. The lowest BCUT2D eigenvalue weighted by atomic mass is 10.2. The van der Waals surface area contributed by atoms with Gasteiger partial charge in [-0.3, -0.25) is 14.3 Å². The van der Waals surface area contributed by atoms with Crippen molar-refractivity contribution < 1.29 is 5.11 Å². The summed E-state index contributed by atoms with van der Waals surface area (Å²) >= 11 is 0. The van der Waals surface area contributed by atoms with Crippen molar-refractivity contribution in [3.05, 3.63) is 26.4 Å². The number of aromatic amines is 1. The Kier molecular flexibility index (Phi) is 2.85. The lowest BCUT2D eigenvalue weighted by Crippen LogP contribution is -2.32. The molecule has 1 aromatic rings.